The highest BCUT2D eigenvalue weighted by Gasteiger charge is 2.12. The van der Waals surface area contributed by atoms with E-state index in [0.29, 0.717) is 5.78 Å². The summed E-state index contributed by atoms with van der Waals surface area (Å²) in [6.45, 7) is 0. The van der Waals surface area contributed by atoms with Gasteiger partial charge in [0, 0.05) is 18.9 Å². The van der Waals surface area contributed by atoms with Gasteiger partial charge in [0.05, 0.1) is 18.1 Å². The zero-order valence-corrected chi connectivity index (χ0v) is 13.0. The number of anilines is 2. The van der Waals surface area contributed by atoms with Crippen LogP contribution in [0.3, 0.4) is 0 Å². The van der Waals surface area contributed by atoms with E-state index >= 15 is 0 Å². The predicted molar refractivity (Wildman–Crippen MR) is 91.6 cm³/mol. The van der Waals surface area contributed by atoms with Crippen LogP contribution in [0.15, 0.2) is 60.8 Å². The molecule has 0 amide bonds. The summed E-state index contributed by atoms with van der Waals surface area (Å²) in [7, 11) is 3.70. The lowest BCUT2D eigenvalue weighted by atomic mass is 10.2. The average Bonchev–Trinajstić information content (AvgIpc) is 3.00. The fraction of sp³-hybridized carbons (Fsp3) is 0.111. The molecule has 2 heterocycles. The topological polar surface area (TPSA) is 42.7 Å². The van der Waals surface area contributed by atoms with E-state index in [0.717, 1.165) is 28.3 Å². The molecule has 0 aliphatic rings. The minimum absolute atomic E-state index is 0.698. The number of hydrogen-bond acceptors (Lipinski definition) is 4. The summed E-state index contributed by atoms with van der Waals surface area (Å²) < 4.78 is 7.30. The number of methoxy groups -OCH3 is 1. The standard InChI is InChI=1S/C18H16N4O/c1-21(13-7-9-14(23-2)10-8-13)17-11-12-19-18-20-15-5-3-4-6-16(15)22(17)18/h3-12H,1-2H3. The number of hydrogen-bond donors (Lipinski definition) is 0. The Morgan fingerprint density at radius 2 is 1.78 bits per heavy atom. The summed E-state index contributed by atoms with van der Waals surface area (Å²) in [5.41, 5.74) is 3.05. The van der Waals surface area contributed by atoms with Gasteiger partial charge in [0.2, 0.25) is 5.78 Å². The fourth-order valence-electron chi connectivity index (χ4n) is 2.77. The van der Waals surface area contributed by atoms with Gasteiger partial charge in [-0.25, -0.2) is 9.97 Å². The van der Waals surface area contributed by atoms with Crippen molar-refractivity contribution in [1.29, 1.82) is 0 Å². The maximum Gasteiger partial charge on any atom is 0.236 e. The van der Waals surface area contributed by atoms with Crippen LogP contribution < -0.4 is 9.64 Å². The summed E-state index contributed by atoms with van der Waals surface area (Å²) >= 11 is 0. The largest absolute Gasteiger partial charge is 0.497 e. The van der Waals surface area contributed by atoms with Crippen molar-refractivity contribution in [3.8, 4) is 5.75 Å². The number of para-hydroxylation sites is 2. The molecule has 0 N–H and O–H groups in total. The Morgan fingerprint density at radius 1 is 1.00 bits per heavy atom. The lowest BCUT2D eigenvalue weighted by Gasteiger charge is -2.21. The van der Waals surface area contributed by atoms with Crippen molar-refractivity contribution < 1.29 is 4.74 Å². The Hall–Kier alpha value is -3.08. The Labute approximate surface area is 133 Å². The van der Waals surface area contributed by atoms with Crippen molar-refractivity contribution in [2.75, 3.05) is 19.1 Å². The summed E-state index contributed by atoms with van der Waals surface area (Å²) in [4.78, 5) is 11.1. The normalized spacial score (nSPS) is 11.0. The maximum absolute atomic E-state index is 5.23. The molecular formula is C18H16N4O. The third kappa shape index (κ3) is 2.17. The van der Waals surface area contributed by atoms with Crippen LogP contribution in [-0.4, -0.2) is 28.5 Å². The van der Waals surface area contributed by atoms with E-state index in [-0.39, 0.29) is 0 Å². The van der Waals surface area contributed by atoms with E-state index < -0.39 is 0 Å². The second-order valence-electron chi connectivity index (χ2n) is 5.30. The van der Waals surface area contributed by atoms with Gasteiger partial charge >= 0.3 is 0 Å². The molecule has 0 aliphatic heterocycles. The highest BCUT2D eigenvalue weighted by molar-refractivity contribution is 5.82. The van der Waals surface area contributed by atoms with E-state index in [2.05, 4.69) is 25.3 Å². The second-order valence-corrected chi connectivity index (χ2v) is 5.30. The SMILES string of the molecule is COc1ccc(N(C)c2ccnc3nc4ccccc4n23)cc1. The van der Waals surface area contributed by atoms with Gasteiger partial charge in [0.25, 0.3) is 0 Å². The molecule has 4 rings (SSSR count). The van der Waals surface area contributed by atoms with Crippen LogP contribution >= 0.6 is 0 Å². The number of fused-ring (bicyclic) bond motifs is 3. The number of benzene rings is 2. The third-order valence-corrected chi connectivity index (χ3v) is 3.99. The molecule has 2 aromatic carbocycles. The van der Waals surface area contributed by atoms with Crippen molar-refractivity contribution in [3.63, 3.8) is 0 Å². The van der Waals surface area contributed by atoms with Crippen molar-refractivity contribution in [3.05, 3.63) is 60.8 Å². The van der Waals surface area contributed by atoms with Crippen molar-refractivity contribution in [2.45, 2.75) is 0 Å². The minimum atomic E-state index is 0.698. The lowest BCUT2D eigenvalue weighted by molar-refractivity contribution is 0.415. The Balaban J connectivity index is 1.90. The Morgan fingerprint density at radius 3 is 2.57 bits per heavy atom. The quantitative estimate of drug-likeness (QED) is 0.579. The summed E-state index contributed by atoms with van der Waals surface area (Å²) in [6, 6.07) is 18.0. The van der Waals surface area contributed by atoms with Crippen molar-refractivity contribution >= 4 is 28.3 Å². The number of ether oxygens (including phenoxy) is 1. The predicted octanol–water partition coefficient (Wildman–Crippen LogP) is 3.66. The van der Waals surface area contributed by atoms with E-state index in [9.17, 15) is 0 Å². The first kappa shape index (κ1) is 13.6. The molecule has 5 nitrogen and oxygen atoms in total. The van der Waals surface area contributed by atoms with Crippen LogP contribution in [0.25, 0.3) is 16.8 Å². The van der Waals surface area contributed by atoms with Crippen LogP contribution in [-0.2, 0) is 0 Å². The molecule has 114 valence electrons. The molecule has 0 atom stereocenters. The number of imidazole rings is 1. The van der Waals surface area contributed by atoms with Gasteiger partial charge in [-0.1, -0.05) is 12.1 Å². The molecule has 4 aromatic rings. The molecule has 0 fully saturated rings. The first-order valence-corrected chi connectivity index (χ1v) is 7.38. The summed E-state index contributed by atoms with van der Waals surface area (Å²) in [5.74, 6) is 2.55. The van der Waals surface area contributed by atoms with Gasteiger partial charge in [-0.05, 0) is 42.5 Å². The highest BCUT2D eigenvalue weighted by atomic mass is 16.5. The molecular weight excluding hydrogens is 288 g/mol. The second kappa shape index (κ2) is 5.28. The molecule has 0 radical (unpaired) electrons. The van der Waals surface area contributed by atoms with E-state index in [4.69, 9.17) is 4.74 Å². The van der Waals surface area contributed by atoms with Crippen LogP contribution in [0.2, 0.25) is 0 Å². The first-order valence-electron chi connectivity index (χ1n) is 7.38. The number of rotatable bonds is 3. The van der Waals surface area contributed by atoms with Gasteiger partial charge < -0.3 is 9.64 Å². The molecule has 0 aliphatic carbocycles. The Bertz CT molecular complexity index is 975. The Kier molecular flexibility index (Phi) is 3.12. The minimum Gasteiger partial charge on any atom is -0.497 e. The van der Waals surface area contributed by atoms with E-state index in [1.54, 1.807) is 13.3 Å². The summed E-state index contributed by atoms with van der Waals surface area (Å²) in [6.07, 6.45) is 1.79. The number of aromatic nitrogens is 3. The van der Waals surface area contributed by atoms with Gasteiger partial charge in [-0.15, -0.1) is 0 Å². The van der Waals surface area contributed by atoms with Crippen LogP contribution in [0.4, 0.5) is 11.5 Å². The smallest absolute Gasteiger partial charge is 0.236 e. The fourth-order valence-corrected chi connectivity index (χ4v) is 2.77. The van der Waals surface area contributed by atoms with Gasteiger partial charge in [0.15, 0.2) is 0 Å². The first-order chi connectivity index (χ1) is 11.3. The molecule has 0 bridgehead atoms. The molecule has 23 heavy (non-hydrogen) atoms. The average molecular weight is 304 g/mol. The van der Waals surface area contributed by atoms with Crippen molar-refractivity contribution in [2.24, 2.45) is 0 Å². The maximum atomic E-state index is 5.23. The highest BCUT2D eigenvalue weighted by Crippen LogP contribution is 2.28. The van der Waals surface area contributed by atoms with E-state index in [1.807, 2.05) is 55.6 Å². The monoisotopic (exact) mass is 304 g/mol. The van der Waals surface area contributed by atoms with Gasteiger partial charge in [0.1, 0.15) is 11.6 Å². The summed E-state index contributed by atoms with van der Waals surface area (Å²) in [5, 5.41) is 0. The van der Waals surface area contributed by atoms with Crippen LogP contribution in [0.1, 0.15) is 0 Å². The van der Waals surface area contributed by atoms with Crippen LogP contribution in [0, 0.1) is 0 Å². The molecule has 5 heteroatoms. The molecule has 0 saturated heterocycles. The zero-order chi connectivity index (χ0) is 15.8. The van der Waals surface area contributed by atoms with Crippen LogP contribution in [0.5, 0.6) is 5.75 Å². The third-order valence-electron chi connectivity index (χ3n) is 3.99. The number of nitrogens with zero attached hydrogens (tertiary/aromatic N) is 4. The molecule has 2 aromatic heterocycles. The molecule has 0 unspecified atom stereocenters. The lowest BCUT2D eigenvalue weighted by Crippen LogP contribution is -2.13. The van der Waals surface area contributed by atoms with Crippen molar-refractivity contribution in [1.82, 2.24) is 14.4 Å². The van der Waals surface area contributed by atoms with E-state index in [1.165, 1.54) is 0 Å². The molecule has 0 saturated carbocycles. The van der Waals surface area contributed by atoms with Gasteiger partial charge in [-0.3, -0.25) is 4.40 Å². The van der Waals surface area contributed by atoms with Gasteiger partial charge in [-0.2, -0.15) is 0 Å². The molecule has 0 spiro atoms. The zero-order valence-electron chi connectivity index (χ0n) is 13.0.